The molecular formula is C48H47NO2. The fraction of sp³-hybridized carbons (Fsp3) is 0.167. The number of para-hydroxylation sites is 1. The van der Waals surface area contributed by atoms with Crippen LogP contribution in [0.1, 0.15) is 47.1 Å². The van der Waals surface area contributed by atoms with E-state index < -0.39 is 11.5 Å². The van der Waals surface area contributed by atoms with E-state index in [1.165, 1.54) is 5.56 Å². The number of rotatable bonds is 9. The molecule has 0 aromatic heterocycles. The Morgan fingerprint density at radius 3 is 2.41 bits per heavy atom. The van der Waals surface area contributed by atoms with Crippen molar-refractivity contribution in [1.29, 1.82) is 0 Å². The van der Waals surface area contributed by atoms with Crippen LogP contribution in [-0.4, -0.2) is 22.9 Å². The summed E-state index contributed by atoms with van der Waals surface area (Å²) in [5, 5.41) is 28.7. The van der Waals surface area contributed by atoms with E-state index in [0.29, 0.717) is 18.8 Å². The molecule has 3 aromatic carbocycles. The fourth-order valence-corrected chi connectivity index (χ4v) is 7.53. The molecule has 3 aliphatic rings. The molecule has 3 heteroatoms. The van der Waals surface area contributed by atoms with Gasteiger partial charge in [0.15, 0.2) is 0 Å². The summed E-state index contributed by atoms with van der Waals surface area (Å²) in [4.78, 5) is 0. The molecule has 0 saturated carbocycles. The van der Waals surface area contributed by atoms with Crippen LogP contribution in [-0.2, 0) is 11.8 Å². The van der Waals surface area contributed by atoms with Crippen LogP contribution in [0.5, 0.6) is 0 Å². The lowest BCUT2D eigenvalue weighted by Gasteiger charge is -2.42. The molecule has 3 unspecified atom stereocenters. The molecule has 3 aromatic rings. The maximum atomic E-state index is 12.7. The minimum atomic E-state index is -1.06. The zero-order chi connectivity index (χ0) is 35.5. The zero-order valence-corrected chi connectivity index (χ0v) is 29.2. The average molecular weight is 670 g/mol. The molecule has 0 spiro atoms. The molecule has 256 valence electrons. The monoisotopic (exact) mass is 669 g/mol. The van der Waals surface area contributed by atoms with Gasteiger partial charge in [0.25, 0.3) is 0 Å². The van der Waals surface area contributed by atoms with Crippen LogP contribution in [0.25, 0.3) is 17.2 Å². The molecular weight excluding hydrogens is 623 g/mol. The molecule has 0 fully saturated rings. The highest BCUT2D eigenvalue weighted by Crippen LogP contribution is 2.50. The number of hydrogen-bond acceptors (Lipinski definition) is 3. The third-order valence-electron chi connectivity index (χ3n) is 9.99. The molecule has 1 heterocycles. The number of benzene rings is 3. The van der Waals surface area contributed by atoms with Crippen molar-refractivity contribution in [1.82, 2.24) is 0 Å². The second kappa shape index (κ2) is 16.8. The van der Waals surface area contributed by atoms with Crippen LogP contribution in [0.4, 0.5) is 5.69 Å². The average Bonchev–Trinajstić information content (AvgIpc) is 3.26. The predicted octanol–water partition coefficient (Wildman–Crippen LogP) is 11.2. The standard InChI is InChI=1S/C48H47NO2/c1-3-5-7-10-19-36-20-16-25-39-26-18-27-41(46(39)49-34-32-36)40-30-31-44(45(50)35-40)48(33-15-8-6-4-2)43-29-14-13-23-38(43)24-17-28-42(47(48)51)37-21-11-9-12-22-37/h3-24,26-29,33,35-36,47,49-51H,1-2,25,30-32,34H2/b7-5-,8-6-,19-10-,20-16-,24-17-,33-15-,42-28-. The van der Waals surface area contributed by atoms with E-state index in [2.05, 4.69) is 85.3 Å². The Labute approximate surface area is 303 Å². The first-order valence-electron chi connectivity index (χ1n) is 17.9. The number of aliphatic hydroxyl groups excluding tert-OH is 2. The van der Waals surface area contributed by atoms with Gasteiger partial charge in [-0.2, -0.15) is 0 Å². The Morgan fingerprint density at radius 2 is 1.61 bits per heavy atom. The summed E-state index contributed by atoms with van der Waals surface area (Å²) < 4.78 is 0. The molecule has 2 aliphatic carbocycles. The van der Waals surface area contributed by atoms with Crippen molar-refractivity contribution < 1.29 is 10.2 Å². The Hall–Kier alpha value is -5.64. The van der Waals surface area contributed by atoms with Crippen molar-refractivity contribution in [2.24, 2.45) is 5.92 Å². The minimum Gasteiger partial charge on any atom is -0.508 e. The maximum Gasteiger partial charge on any atom is 0.116 e. The molecule has 0 amide bonds. The number of anilines is 1. The molecule has 3 nitrogen and oxygen atoms in total. The topological polar surface area (TPSA) is 52.5 Å². The van der Waals surface area contributed by atoms with Crippen molar-refractivity contribution in [2.75, 3.05) is 11.9 Å². The van der Waals surface area contributed by atoms with Gasteiger partial charge in [-0.3, -0.25) is 0 Å². The van der Waals surface area contributed by atoms with E-state index in [9.17, 15) is 10.2 Å². The van der Waals surface area contributed by atoms with E-state index in [4.69, 9.17) is 0 Å². The summed E-state index contributed by atoms with van der Waals surface area (Å²) in [6, 6.07) is 24.7. The smallest absolute Gasteiger partial charge is 0.116 e. The van der Waals surface area contributed by atoms with Gasteiger partial charge in [-0.05, 0) is 76.7 Å². The van der Waals surface area contributed by atoms with Crippen LogP contribution < -0.4 is 5.32 Å². The van der Waals surface area contributed by atoms with Crippen molar-refractivity contribution in [3.63, 3.8) is 0 Å². The van der Waals surface area contributed by atoms with Crippen LogP contribution in [0.3, 0.4) is 0 Å². The summed E-state index contributed by atoms with van der Waals surface area (Å²) in [7, 11) is 0. The van der Waals surface area contributed by atoms with Gasteiger partial charge in [-0.15, -0.1) is 0 Å². The number of allylic oxidation sites excluding steroid dienone is 15. The van der Waals surface area contributed by atoms with Gasteiger partial charge in [-0.1, -0.05) is 177 Å². The van der Waals surface area contributed by atoms with Crippen LogP contribution in [0.15, 0.2) is 188 Å². The first-order valence-corrected chi connectivity index (χ1v) is 17.9. The van der Waals surface area contributed by atoms with Gasteiger partial charge in [0.05, 0.1) is 11.5 Å². The quantitative estimate of drug-likeness (QED) is 0.157. The predicted molar refractivity (Wildman–Crippen MR) is 217 cm³/mol. The van der Waals surface area contributed by atoms with Crippen LogP contribution in [0, 0.1) is 5.92 Å². The van der Waals surface area contributed by atoms with Crippen molar-refractivity contribution >= 4 is 22.9 Å². The highest BCUT2D eigenvalue weighted by atomic mass is 16.3. The van der Waals surface area contributed by atoms with Crippen molar-refractivity contribution in [3.8, 4) is 0 Å². The van der Waals surface area contributed by atoms with E-state index >= 15 is 0 Å². The largest absolute Gasteiger partial charge is 0.508 e. The van der Waals surface area contributed by atoms with Gasteiger partial charge < -0.3 is 15.5 Å². The van der Waals surface area contributed by atoms with Gasteiger partial charge in [-0.25, -0.2) is 0 Å². The second-order valence-electron chi connectivity index (χ2n) is 13.1. The van der Waals surface area contributed by atoms with Crippen LogP contribution in [0.2, 0.25) is 0 Å². The summed E-state index contributed by atoms with van der Waals surface area (Å²) in [6.07, 6.45) is 34.3. The fourth-order valence-electron chi connectivity index (χ4n) is 7.53. The molecule has 3 atom stereocenters. The Kier molecular flexibility index (Phi) is 11.6. The Balaban J connectivity index is 1.45. The Morgan fingerprint density at radius 1 is 0.824 bits per heavy atom. The third kappa shape index (κ3) is 7.75. The second-order valence-corrected chi connectivity index (χ2v) is 13.1. The molecule has 3 N–H and O–H groups in total. The van der Waals surface area contributed by atoms with Crippen molar-refractivity contribution in [2.45, 2.75) is 37.2 Å². The normalized spacial score (nSPS) is 24.6. The highest BCUT2D eigenvalue weighted by molar-refractivity contribution is 5.83. The molecule has 1 aliphatic heterocycles. The molecule has 0 bridgehead atoms. The van der Waals surface area contributed by atoms with Crippen LogP contribution >= 0.6 is 0 Å². The van der Waals surface area contributed by atoms with E-state index in [0.717, 1.165) is 64.0 Å². The third-order valence-corrected chi connectivity index (χ3v) is 9.99. The van der Waals surface area contributed by atoms with Crippen molar-refractivity contribution in [3.05, 3.63) is 216 Å². The molecule has 0 radical (unpaired) electrons. The first-order chi connectivity index (χ1) is 25.1. The highest BCUT2D eigenvalue weighted by Gasteiger charge is 2.46. The molecule has 0 saturated heterocycles. The number of fused-ring (bicyclic) bond motifs is 2. The lowest BCUT2D eigenvalue weighted by Crippen LogP contribution is -2.42. The maximum absolute atomic E-state index is 12.7. The first kappa shape index (κ1) is 35.2. The lowest BCUT2D eigenvalue weighted by molar-refractivity contribution is 0.172. The van der Waals surface area contributed by atoms with E-state index in [-0.39, 0.29) is 5.76 Å². The SMILES string of the molecule is C=C/C=C\C=C/C1/C=C\Cc2cccc(C3=CC(O)=C(C4(/C=C\C=C/C=C)c5ccccc5/C=C\C=C(\c5ccccc5)C4O)CC3)c2NCC1. The summed E-state index contributed by atoms with van der Waals surface area (Å²) in [5.41, 5.74) is 7.94. The molecule has 6 rings (SSSR count). The van der Waals surface area contributed by atoms with Gasteiger partial charge in [0.2, 0.25) is 0 Å². The van der Waals surface area contributed by atoms with Gasteiger partial charge in [0, 0.05) is 17.8 Å². The Bertz CT molecular complexity index is 2010. The lowest BCUT2D eigenvalue weighted by atomic mass is 9.62. The zero-order valence-electron chi connectivity index (χ0n) is 29.2. The summed E-state index contributed by atoms with van der Waals surface area (Å²) in [5.74, 6) is 0.527. The summed E-state index contributed by atoms with van der Waals surface area (Å²) >= 11 is 0. The minimum absolute atomic E-state index is 0.192. The number of nitrogens with one attached hydrogen (secondary N) is 1. The van der Waals surface area contributed by atoms with Gasteiger partial charge >= 0.3 is 0 Å². The van der Waals surface area contributed by atoms with E-state index in [1.54, 1.807) is 12.2 Å². The summed E-state index contributed by atoms with van der Waals surface area (Å²) in [6.45, 7) is 8.41. The van der Waals surface area contributed by atoms with E-state index in [1.807, 2.05) is 91.1 Å². The molecule has 51 heavy (non-hydrogen) atoms. The number of hydrogen-bond donors (Lipinski definition) is 3. The van der Waals surface area contributed by atoms with Gasteiger partial charge in [0.1, 0.15) is 5.76 Å². The number of aliphatic hydroxyl groups is 2.